The van der Waals surface area contributed by atoms with Crippen LogP contribution in [0, 0.1) is 6.92 Å². The van der Waals surface area contributed by atoms with E-state index in [9.17, 15) is 4.21 Å². The van der Waals surface area contributed by atoms with Crippen LogP contribution in [0.1, 0.15) is 44.7 Å². The molecule has 0 saturated carbocycles. The highest BCUT2D eigenvalue weighted by atomic mass is 32.2. The van der Waals surface area contributed by atoms with Crippen LogP contribution in [-0.2, 0) is 26.6 Å². The van der Waals surface area contributed by atoms with Gasteiger partial charge in [0.15, 0.2) is 0 Å². The van der Waals surface area contributed by atoms with Gasteiger partial charge in [0.2, 0.25) is 0 Å². The van der Waals surface area contributed by atoms with Crippen molar-refractivity contribution in [2.24, 2.45) is 0 Å². The third kappa shape index (κ3) is 7.67. The zero-order valence-corrected chi connectivity index (χ0v) is 26.0. The predicted octanol–water partition coefficient (Wildman–Crippen LogP) is 7.04. The summed E-state index contributed by atoms with van der Waals surface area (Å²) in [6, 6.07) is 39.6. The number of hydrogen-bond acceptors (Lipinski definition) is 3. The molecule has 4 aromatic rings. The Hall–Kier alpha value is -2.83. The van der Waals surface area contributed by atoms with Gasteiger partial charge in [-0.2, -0.15) is 0 Å². The molecule has 0 fully saturated rings. The normalized spacial score (nSPS) is 13.6. The third-order valence-corrected chi connectivity index (χ3v) is 13.9. The molecule has 0 unspecified atom stereocenters. The van der Waals surface area contributed by atoms with Gasteiger partial charge < -0.3 is 9.16 Å². The number of hydrogen-bond donors (Lipinski definition) is 0. The van der Waals surface area contributed by atoms with Crippen LogP contribution in [0.4, 0.5) is 0 Å². The second-order valence-electron chi connectivity index (χ2n) is 11.4. The van der Waals surface area contributed by atoms with E-state index in [1.807, 2.05) is 49.4 Å². The average Bonchev–Trinajstić information content (AvgIpc) is 2.97. The van der Waals surface area contributed by atoms with E-state index in [-0.39, 0.29) is 11.1 Å². The summed E-state index contributed by atoms with van der Waals surface area (Å²) in [7, 11) is -3.72. The molecule has 0 heterocycles. The molecule has 4 rings (SSSR count). The van der Waals surface area contributed by atoms with Gasteiger partial charge in [0.25, 0.3) is 8.32 Å². The Labute approximate surface area is 244 Å². The standard InChI is InChI=1S/C35H42O3SSi/c1-29-22-24-32(25-23-29)39(36)28-31(37-27-30-15-8-5-9-16-30)17-14-26-38-40(35(2,3)4,33-18-10-6-11-19-33)34-20-12-7-13-21-34/h5-13,15-16,18-25,31H,14,17,26-28H2,1-4H3/t31-,39+/m0/s1. The SMILES string of the molecule is Cc1ccc([S@](=O)C[C@H](CCCO[Si](c2ccccc2)(c2ccccc2)C(C)(C)C)OCc2ccccc2)cc1. The Balaban J connectivity index is 1.50. The predicted molar refractivity (Wildman–Crippen MR) is 170 cm³/mol. The van der Waals surface area contributed by atoms with Crippen LogP contribution in [0.2, 0.25) is 5.04 Å². The maximum atomic E-state index is 13.3. The molecule has 4 aromatic carbocycles. The fourth-order valence-electron chi connectivity index (χ4n) is 5.26. The largest absolute Gasteiger partial charge is 0.407 e. The van der Waals surface area contributed by atoms with Crippen LogP contribution < -0.4 is 10.4 Å². The first-order valence-electron chi connectivity index (χ1n) is 14.2. The van der Waals surface area contributed by atoms with E-state index < -0.39 is 19.1 Å². The lowest BCUT2D eigenvalue weighted by Crippen LogP contribution is -2.66. The molecule has 2 atom stereocenters. The molecule has 0 amide bonds. The molecule has 210 valence electrons. The van der Waals surface area contributed by atoms with Gasteiger partial charge in [-0.15, -0.1) is 0 Å². The lowest BCUT2D eigenvalue weighted by Gasteiger charge is -2.43. The zero-order chi connectivity index (χ0) is 28.4. The summed E-state index contributed by atoms with van der Waals surface area (Å²) in [4.78, 5) is 0.850. The van der Waals surface area contributed by atoms with Crippen molar-refractivity contribution in [3.05, 3.63) is 126 Å². The van der Waals surface area contributed by atoms with Gasteiger partial charge in [-0.3, -0.25) is 4.21 Å². The Kier molecular flexibility index (Phi) is 10.7. The summed E-state index contributed by atoms with van der Waals surface area (Å²) >= 11 is 0. The van der Waals surface area contributed by atoms with Gasteiger partial charge in [0.1, 0.15) is 0 Å². The molecule has 0 saturated heterocycles. The van der Waals surface area contributed by atoms with Crippen LogP contribution >= 0.6 is 0 Å². The quantitative estimate of drug-likeness (QED) is 0.128. The Morgan fingerprint density at radius 2 is 1.27 bits per heavy atom. The lowest BCUT2D eigenvalue weighted by molar-refractivity contribution is 0.0461. The van der Waals surface area contributed by atoms with Crippen LogP contribution in [0.3, 0.4) is 0 Å². The summed E-state index contributed by atoms with van der Waals surface area (Å²) < 4.78 is 26.7. The van der Waals surface area contributed by atoms with Crippen LogP contribution in [0.5, 0.6) is 0 Å². The smallest absolute Gasteiger partial charge is 0.261 e. The van der Waals surface area contributed by atoms with E-state index >= 15 is 0 Å². The molecule has 0 spiro atoms. The number of benzene rings is 4. The monoisotopic (exact) mass is 570 g/mol. The van der Waals surface area contributed by atoms with E-state index in [0.29, 0.717) is 19.0 Å². The Morgan fingerprint density at radius 1 is 0.750 bits per heavy atom. The molecule has 3 nitrogen and oxygen atoms in total. The van der Waals surface area contributed by atoms with Crippen LogP contribution in [0.15, 0.2) is 120 Å². The lowest BCUT2D eigenvalue weighted by atomic mass is 10.2. The topological polar surface area (TPSA) is 35.5 Å². The second-order valence-corrected chi connectivity index (χ2v) is 17.2. The maximum absolute atomic E-state index is 13.3. The van der Waals surface area contributed by atoms with Gasteiger partial charge >= 0.3 is 0 Å². The highest BCUT2D eigenvalue weighted by molar-refractivity contribution is 7.85. The fraction of sp³-hybridized carbons (Fsp3) is 0.314. The minimum absolute atomic E-state index is 0.0636. The first kappa shape index (κ1) is 30.1. The Bertz CT molecular complexity index is 1280. The molecular weight excluding hydrogens is 529 g/mol. The average molecular weight is 571 g/mol. The molecule has 5 heteroatoms. The number of rotatable bonds is 13. The Morgan fingerprint density at radius 3 is 1.80 bits per heavy atom. The van der Waals surface area contributed by atoms with E-state index in [0.717, 1.165) is 28.9 Å². The van der Waals surface area contributed by atoms with E-state index in [2.05, 4.69) is 93.6 Å². The summed E-state index contributed by atoms with van der Waals surface area (Å²) in [6.45, 7) is 10.1. The molecule has 0 aliphatic heterocycles. The summed E-state index contributed by atoms with van der Waals surface area (Å²) in [6.07, 6.45) is 1.47. The van der Waals surface area contributed by atoms with Crippen molar-refractivity contribution in [3.8, 4) is 0 Å². The minimum atomic E-state index is -2.58. The van der Waals surface area contributed by atoms with Crippen LogP contribution in [-0.4, -0.2) is 31.0 Å². The van der Waals surface area contributed by atoms with E-state index in [4.69, 9.17) is 9.16 Å². The summed E-state index contributed by atoms with van der Waals surface area (Å²) in [5, 5.41) is 2.50. The van der Waals surface area contributed by atoms with Gasteiger partial charge in [-0.05, 0) is 52.9 Å². The van der Waals surface area contributed by atoms with Crippen molar-refractivity contribution in [2.45, 2.75) is 63.2 Å². The van der Waals surface area contributed by atoms with Gasteiger partial charge in [0, 0.05) is 11.5 Å². The molecule has 0 aliphatic rings. The third-order valence-electron chi connectivity index (χ3n) is 7.36. The first-order valence-corrected chi connectivity index (χ1v) is 17.4. The maximum Gasteiger partial charge on any atom is 0.261 e. The molecular formula is C35H42O3SSi. The number of ether oxygens (including phenoxy) is 1. The van der Waals surface area contributed by atoms with E-state index in [1.165, 1.54) is 10.4 Å². The fourth-order valence-corrected chi connectivity index (χ4v) is 11.1. The van der Waals surface area contributed by atoms with Gasteiger partial charge in [0.05, 0.1) is 29.3 Å². The molecule has 0 aliphatic carbocycles. The molecule has 0 aromatic heterocycles. The van der Waals surface area contributed by atoms with Crippen molar-refractivity contribution < 1.29 is 13.4 Å². The molecule has 0 bridgehead atoms. The van der Waals surface area contributed by atoms with Crippen molar-refractivity contribution in [3.63, 3.8) is 0 Å². The molecule has 0 radical (unpaired) electrons. The van der Waals surface area contributed by atoms with Gasteiger partial charge in [-0.25, -0.2) is 0 Å². The second kappa shape index (κ2) is 14.2. The van der Waals surface area contributed by atoms with E-state index in [1.54, 1.807) is 0 Å². The van der Waals surface area contributed by atoms with Crippen LogP contribution in [0.25, 0.3) is 0 Å². The van der Waals surface area contributed by atoms with Crippen molar-refractivity contribution >= 4 is 29.5 Å². The minimum Gasteiger partial charge on any atom is -0.407 e. The number of aryl methyl sites for hydroxylation is 1. The highest BCUT2D eigenvalue weighted by Crippen LogP contribution is 2.37. The summed E-state index contributed by atoms with van der Waals surface area (Å²) in [5.74, 6) is 0.467. The van der Waals surface area contributed by atoms with Gasteiger partial charge in [-0.1, -0.05) is 129 Å². The first-order chi connectivity index (χ1) is 19.3. The van der Waals surface area contributed by atoms with Crippen molar-refractivity contribution in [1.82, 2.24) is 0 Å². The van der Waals surface area contributed by atoms with Crippen molar-refractivity contribution in [2.75, 3.05) is 12.4 Å². The zero-order valence-electron chi connectivity index (χ0n) is 24.2. The molecule has 0 N–H and O–H groups in total. The van der Waals surface area contributed by atoms with Crippen molar-refractivity contribution in [1.29, 1.82) is 0 Å². The molecule has 40 heavy (non-hydrogen) atoms. The summed E-state index contributed by atoms with van der Waals surface area (Å²) in [5.41, 5.74) is 2.29. The highest BCUT2D eigenvalue weighted by Gasteiger charge is 2.49.